The van der Waals surface area contributed by atoms with Crippen LogP contribution in [0.2, 0.25) is 0 Å². The molecule has 1 rings (SSSR count). The second-order valence-corrected chi connectivity index (χ2v) is 5.58. The van der Waals surface area contributed by atoms with Crippen molar-refractivity contribution in [3.8, 4) is 0 Å². The van der Waals surface area contributed by atoms with Crippen LogP contribution in [0.3, 0.4) is 0 Å². The molecule has 18 heavy (non-hydrogen) atoms. The topological polar surface area (TPSA) is 58.4 Å². The van der Waals surface area contributed by atoms with Crippen LogP contribution in [0.1, 0.15) is 46.5 Å². The van der Waals surface area contributed by atoms with Gasteiger partial charge in [-0.3, -0.25) is 9.69 Å². The molecule has 106 valence electrons. The van der Waals surface area contributed by atoms with E-state index in [9.17, 15) is 4.79 Å². The van der Waals surface area contributed by atoms with Gasteiger partial charge in [-0.2, -0.15) is 0 Å². The van der Waals surface area contributed by atoms with Crippen LogP contribution in [0, 0.1) is 5.92 Å². The molecule has 0 unspecified atom stereocenters. The Kier molecular flexibility index (Phi) is 6.09. The quantitative estimate of drug-likeness (QED) is 0.753. The van der Waals surface area contributed by atoms with Crippen LogP contribution in [0.4, 0.5) is 0 Å². The van der Waals surface area contributed by atoms with Gasteiger partial charge in [-0.1, -0.05) is 13.8 Å². The van der Waals surface area contributed by atoms with Crippen molar-refractivity contribution >= 4 is 5.91 Å². The van der Waals surface area contributed by atoms with Gasteiger partial charge in [-0.15, -0.1) is 0 Å². The molecule has 4 heteroatoms. The van der Waals surface area contributed by atoms with Crippen LogP contribution in [0.25, 0.3) is 0 Å². The number of nitrogens with zero attached hydrogens (tertiary/aromatic N) is 1. The summed E-state index contributed by atoms with van der Waals surface area (Å²) in [6.07, 6.45) is 4.70. The summed E-state index contributed by atoms with van der Waals surface area (Å²) in [5, 5.41) is 2.88. The highest BCUT2D eigenvalue weighted by molar-refractivity contribution is 5.78. The third kappa shape index (κ3) is 3.69. The number of nitrogens with two attached hydrogens (primary N) is 1. The Morgan fingerprint density at radius 1 is 1.39 bits per heavy atom. The minimum atomic E-state index is 0.0480. The average molecular weight is 255 g/mol. The van der Waals surface area contributed by atoms with Crippen LogP contribution in [-0.2, 0) is 4.79 Å². The lowest BCUT2D eigenvalue weighted by molar-refractivity contribution is -0.124. The Labute approximate surface area is 111 Å². The summed E-state index contributed by atoms with van der Waals surface area (Å²) >= 11 is 0. The molecule has 0 saturated heterocycles. The van der Waals surface area contributed by atoms with Crippen LogP contribution < -0.4 is 11.1 Å². The van der Waals surface area contributed by atoms with E-state index in [0.717, 1.165) is 25.3 Å². The van der Waals surface area contributed by atoms with Crippen molar-refractivity contribution < 1.29 is 4.79 Å². The zero-order chi connectivity index (χ0) is 13.6. The molecule has 0 aromatic rings. The van der Waals surface area contributed by atoms with E-state index in [1.54, 1.807) is 0 Å². The second kappa shape index (κ2) is 7.10. The molecule has 0 atom stereocenters. The second-order valence-electron chi connectivity index (χ2n) is 5.58. The molecule has 1 aliphatic carbocycles. The average Bonchev–Trinajstić information content (AvgIpc) is 2.38. The summed E-state index contributed by atoms with van der Waals surface area (Å²) in [6.45, 7) is 9.11. The smallest absolute Gasteiger partial charge is 0.234 e. The number of nitrogens with one attached hydrogen (secondary N) is 1. The normalized spacial score (nSPS) is 28.4. The number of hydrogen-bond donors (Lipinski definition) is 2. The standard InChI is InChI=1S/C14H29N3O/c1-4-16-13(18)10-17(5-2)14(11-15)8-6-12(3)7-9-14/h12H,4-11,15H2,1-3H3,(H,16,18). The first-order valence-corrected chi connectivity index (χ1v) is 7.29. The van der Waals surface area contributed by atoms with E-state index in [0.29, 0.717) is 19.6 Å². The summed E-state index contributed by atoms with van der Waals surface area (Å²) in [4.78, 5) is 14.1. The highest BCUT2D eigenvalue weighted by Gasteiger charge is 2.38. The van der Waals surface area contributed by atoms with Gasteiger partial charge in [-0.25, -0.2) is 0 Å². The van der Waals surface area contributed by atoms with Gasteiger partial charge in [0.1, 0.15) is 0 Å². The summed E-state index contributed by atoms with van der Waals surface area (Å²) in [6, 6.07) is 0. The van der Waals surface area contributed by atoms with Crippen molar-refractivity contribution in [1.29, 1.82) is 0 Å². The SMILES string of the molecule is CCNC(=O)CN(CC)C1(CN)CCC(C)CC1. The molecule has 0 bridgehead atoms. The van der Waals surface area contributed by atoms with Crippen molar-refractivity contribution in [2.45, 2.75) is 52.0 Å². The summed E-state index contributed by atoms with van der Waals surface area (Å²) in [5.74, 6) is 0.915. The van der Waals surface area contributed by atoms with E-state index in [1.165, 1.54) is 12.8 Å². The molecular formula is C14H29N3O. The predicted molar refractivity (Wildman–Crippen MR) is 75.3 cm³/mol. The highest BCUT2D eigenvalue weighted by Crippen LogP contribution is 2.35. The van der Waals surface area contributed by atoms with Crippen LogP contribution in [0.15, 0.2) is 0 Å². The van der Waals surface area contributed by atoms with Crippen LogP contribution >= 0.6 is 0 Å². The van der Waals surface area contributed by atoms with E-state index >= 15 is 0 Å². The molecule has 0 aromatic carbocycles. The van der Waals surface area contributed by atoms with Crippen molar-refractivity contribution in [3.63, 3.8) is 0 Å². The van der Waals surface area contributed by atoms with Crippen molar-refractivity contribution in [3.05, 3.63) is 0 Å². The van der Waals surface area contributed by atoms with Gasteiger partial charge in [0.15, 0.2) is 0 Å². The lowest BCUT2D eigenvalue weighted by Gasteiger charge is -2.46. The maximum Gasteiger partial charge on any atom is 0.234 e. The minimum Gasteiger partial charge on any atom is -0.355 e. The fraction of sp³-hybridized carbons (Fsp3) is 0.929. The molecule has 1 saturated carbocycles. The third-order valence-electron chi connectivity index (χ3n) is 4.35. The molecule has 0 aromatic heterocycles. The Morgan fingerprint density at radius 3 is 2.44 bits per heavy atom. The summed E-state index contributed by atoms with van der Waals surface area (Å²) in [7, 11) is 0. The van der Waals surface area contributed by atoms with Crippen molar-refractivity contribution in [2.75, 3.05) is 26.2 Å². The maximum absolute atomic E-state index is 11.8. The van der Waals surface area contributed by atoms with Gasteiger partial charge in [-0.05, 0) is 45.1 Å². The fourth-order valence-corrected chi connectivity index (χ4v) is 2.99. The zero-order valence-electron chi connectivity index (χ0n) is 12.2. The molecular weight excluding hydrogens is 226 g/mol. The van der Waals surface area contributed by atoms with Gasteiger partial charge in [0, 0.05) is 18.6 Å². The van der Waals surface area contributed by atoms with Gasteiger partial charge in [0.2, 0.25) is 5.91 Å². The molecule has 1 aliphatic rings. The number of carbonyl (C=O) groups excluding carboxylic acids is 1. The van der Waals surface area contributed by atoms with E-state index < -0.39 is 0 Å². The first kappa shape index (κ1) is 15.4. The third-order valence-corrected chi connectivity index (χ3v) is 4.35. The van der Waals surface area contributed by atoms with E-state index in [2.05, 4.69) is 24.1 Å². The predicted octanol–water partition coefficient (Wildman–Crippen LogP) is 1.35. The van der Waals surface area contributed by atoms with Gasteiger partial charge < -0.3 is 11.1 Å². The number of rotatable bonds is 6. The number of carbonyl (C=O) groups is 1. The number of likely N-dealkylation sites (N-methyl/N-ethyl adjacent to an activating group) is 2. The molecule has 0 spiro atoms. The monoisotopic (exact) mass is 255 g/mol. The first-order valence-electron chi connectivity index (χ1n) is 7.29. The van der Waals surface area contributed by atoms with Gasteiger partial charge in [0.25, 0.3) is 0 Å². The maximum atomic E-state index is 11.8. The molecule has 4 nitrogen and oxygen atoms in total. The Hall–Kier alpha value is -0.610. The molecule has 1 fully saturated rings. The van der Waals surface area contributed by atoms with Crippen LogP contribution in [0.5, 0.6) is 0 Å². The summed E-state index contributed by atoms with van der Waals surface area (Å²) in [5.41, 5.74) is 6.08. The molecule has 0 radical (unpaired) electrons. The Morgan fingerprint density at radius 2 is 2.00 bits per heavy atom. The highest BCUT2D eigenvalue weighted by atomic mass is 16.2. The van der Waals surface area contributed by atoms with E-state index in [-0.39, 0.29) is 11.4 Å². The van der Waals surface area contributed by atoms with Crippen molar-refractivity contribution in [1.82, 2.24) is 10.2 Å². The van der Waals surface area contributed by atoms with E-state index in [4.69, 9.17) is 5.73 Å². The van der Waals surface area contributed by atoms with Crippen LogP contribution in [-0.4, -0.2) is 42.5 Å². The van der Waals surface area contributed by atoms with Crippen molar-refractivity contribution in [2.24, 2.45) is 11.7 Å². The molecule has 1 amide bonds. The first-order chi connectivity index (χ1) is 8.57. The van der Waals surface area contributed by atoms with Gasteiger partial charge in [0.05, 0.1) is 6.54 Å². The minimum absolute atomic E-state index is 0.0480. The Bertz CT molecular complexity index is 260. The molecule has 3 N–H and O–H groups in total. The lowest BCUT2D eigenvalue weighted by Crippen LogP contribution is -2.57. The number of hydrogen-bond acceptors (Lipinski definition) is 3. The molecule has 0 heterocycles. The van der Waals surface area contributed by atoms with Gasteiger partial charge >= 0.3 is 0 Å². The lowest BCUT2D eigenvalue weighted by atomic mass is 9.76. The molecule has 0 aliphatic heterocycles. The largest absolute Gasteiger partial charge is 0.355 e. The zero-order valence-corrected chi connectivity index (χ0v) is 12.2. The van der Waals surface area contributed by atoms with E-state index in [1.807, 2.05) is 6.92 Å². The Balaban J connectivity index is 2.67. The fourth-order valence-electron chi connectivity index (χ4n) is 2.99. The number of amides is 1. The summed E-state index contributed by atoms with van der Waals surface area (Å²) < 4.78 is 0.